The van der Waals surface area contributed by atoms with Gasteiger partial charge in [0.1, 0.15) is 11.5 Å². The Hall–Kier alpha value is -2.61. The summed E-state index contributed by atoms with van der Waals surface area (Å²) in [7, 11) is 0. The standard InChI is InChI=1S/C19H19NO/c1-4-14-20-19(15(2)3)16-10-12-18(13-11-16)21-17-8-6-5-7-9-17/h4-14H,2H2,1,3H3/b14-4-,20-19?. The molecule has 0 aliphatic heterocycles. The Morgan fingerprint density at radius 2 is 1.62 bits per heavy atom. The van der Waals surface area contributed by atoms with E-state index in [1.165, 1.54) is 0 Å². The fourth-order valence-corrected chi connectivity index (χ4v) is 1.89. The first-order chi connectivity index (χ1) is 10.2. The van der Waals surface area contributed by atoms with Gasteiger partial charge in [0, 0.05) is 11.8 Å². The first-order valence-corrected chi connectivity index (χ1v) is 6.89. The van der Waals surface area contributed by atoms with Crippen LogP contribution in [0.4, 0.5) is 0 Å². The predicted molar refractivity (Wildman–Crippen MR) is 89.1 cm³/mol. The van der Waals surface area contributed by atoms with Crippen molar-refractivity contribution in [3.63, 3.8) is 0 Å². The molecule has 0 aliphatic carbocycles. The quantitative estimate of drug-likeness (QED) is 0.672. The number of rotatable bonds is 5. The van der Waals surface area contributed by atoms with Crippen LogP contribution in [0, 0.1) is 0 Å². The lowest BCUT2D eigenvalue weighted by Gasteiger charge is -2.08. The van der Waals surface area contributed by atoms with Gasteiger partial charge in [-0.1, -0.05) is 30.9 Å². The van der Waals surface area contributed by atoms with Crippen molar-refractivity contribution in [2.75, 3.05) is 0 Å². The summed E-state index contributed by atoms with van der Waals surface area (Å²) >= 11 is 0. The Kier molecular flexibility index (Phi) is 5.10. The van der Waals surface area contributed by atoms with E-state index in [1.54, 1.807) is 6.20 Å². The van der Waals surface area contributed by atoms with Crippen LogP contribution in [0.25, 0.3) is 0 Å². The smallest absolute Gasteiger partial charge is 0.127 e. The number of aliphatic imine (C=N–C) groups is 1. The number of nitrogens with zero attached hydrogens (tertiary/aromatic N) is 1. The molecule has 0 fully saturated rings. The highest BCUT2D eigenvalue weighted by atomic mass is 16.5. The molecular weight excluding hydrogens is 258 g/mol. The van der Waals surface area contributed by atoms with Crippen LogP contribution in [0.1, 0.15) is 19.4 Å². The first-order valence-electron chi connectivity index (χ1n) is 6.89. The lowest BCUT2D eigenvalue weighted by Crippen LogP contribution is -2.01. The molecular formula is C19H19NO. The summed E-state index contributed by atoms with van der Waals surface area (Å²) in [5.41, 5.74) is 2.85. The van der Waals surface area contributed by atoms with Gasteiger partial charge in [0.25, 0.3) is 0 Å². The van der Waals surface area contributed by atoms with Gasteiger partial charge in [0.15, 0.2) is 0 Å². The lowest BCUT2D eigenvalue weighted by molar-refractivity contribution is 0.482. The lowest BCUT2D eigenvalue weighted by atomic mass is 10.0. The van der Waals surface area contributed by atoms with Crippen molar-refractivity contribution in [2.45, 2.75) is 13.8 Å². The summed E-state index contributed by atoms with van der Waals surface area (Å²) in [6.07, 6.45) is 3.67. The zero-order chi connectivity index (χ0) is 15.1. The molecule has 2 aromatic rings. The third-order valence-corrected chi connectivity index (χ3v) is 2.86. The maximum absolute atomic E-state index is 5.78. The monoisotopic (exact) mass is 277 g/mol. The van der Waals surface area contributed by atoms with Crippen LogP contribution in [0.3, 0.4) is 0 Å². The van der Waals surface area contributed by atoms with E-state index >= 15 is 0 Å². The Labute approximate surface area is 126 Å². The van der Waals surface area contributed by atoms with Crippen molar-refractivity contribution in [3.05, 3.63) is 84.6 Å². The van der Waals surface area contributed by atoms with E-state index in [9.17, 15) is 0 Å². The number of hydrogen-bond donors (Lipinski definition) is 0. The van der Waals surface area contributed by atoms with E-state index in [4.69, 9.17) is 4.74 Å². The highest BCUT2D eigenvalue weighted by molar-refractivity contribution is 6.12. The van der Waals surface area contributed by atoms with Gasteiger partial charge in [-0.2, -0.15) is 0 Å². The van der Waals surface area contributed by atoms with E-state index in [0.717, 1.165) is 28.3 Å². The van der Waals surface area contributed by atoms with Gasteiger partial charge in [0.05, 0.1) is 5.71 Å². The summed E-state index contributed by atoms with van der Waals surface area (Å²) in [5, 5.41) is 0. The molecule has 0 heterocycles. The third kappa shape index (κ3) is 4.18. The molecule has 2 nitrogen and oxygen atoms in total. The molecule has 2 heteroatoms. The highest BCUT2D eigenvalue weighted by Crippen LogP contribution is 2.22. The maximum Gasteiger partial charge on any atom is 0.127 e. The highest BCUT2D eigenvalue weighted by Gasteiger charge is 2.04. The molecule has 0 amide bonds. The average molecular weight is 277 g/mol. The molecule has 2 aromatic carbocycles. The number of benzene rings is 2. The number of para-hydroxylation sites is 1. The molecule has 21 heavy (non-hydrogen) atoms. The number of hydrogen-bond acceptors (Lipinski definition) is 2. The average Bonchev–Trinajstić information content (AvgIpc) is 2.50. The topological polar surface area (TPSA) is 21.6 Å². The van der Waals surface area contributed by atoms with E-state index in [-0.39, 0.29) is 0 Å². The maximum atomic E-state index is 5.78. The van der Waals surface area contributed by atoms with Crippen molar-refractivity contribution in [1.29, 1.82) is 0 Å². The summed E-state index contributed by atoms with van der Waals surface area (Å²) in [6, 6.07) is 17.6. The van der Waals surface area contributed by atoms with Crippen LogP contribution >= 0.6 is 0 Å². The minimum absolute atomic E-state index is 0.803. The summed E-state index contributed by atoms with van der Waals surface area (Å²) in [4.78, 5) is 4.42. The zero-order valence-electron chi connectivity index (χ0n) is 12.4. The van der Waals surface area contributed by atoms with Gasteiger partial charge in [-0.3, -0.25) is 4.99 Å². The minimum Gasteiger partial charge on any atom is -0.457 e. The molecule has 0 aliphatic rings. The molecule has 0 radical (unpaired) electrons. The van der Waals surface area contributed by atoms with Gasteiger partial charge in [-0.15, -0.1) is 0 Å². The molecule has 2 rings (SSSR count). The second-order valence-electron chi connectivity index (χ2n) is 4.68. The Morgan fingerprint density at radius 1 is 1.00 bits per heavy atom. The molecule has 0 bridgehead atoms. The van der Waals surface area contributed by atoms with Gasteiger partial charge in [-0.05, 0) is 55.8 Å². The summed E-state index contributed by atoms with van der Waals surface area (Å²) < 4.78 is 5.78. The Bertz CT molecular complexity index is 652. The van der Waals surface area contributed by atoms with Gasteiger partial charge in [-0.25, -0.2) is 0 Å². The third-order valence-electron chi connectivity index (χ3n) is 2.86. The number of allylic oxidation sites excluding steroid dienone is 2. The molecule has 106 valence electrons. The molecule has 0 N–H and O–H groups in total. The second kappa shape index (κ2) is 7.25. The van der Waals surface area contributed by atoms with E-state index in [0.29, 0.717) is 0 Å². The molecule has 0 saturated carbocycles. The van der Waals surface area contributed by atoms with Crippen molar-refractivity contribution >= 4 is 5.71 Å². The molecule has 0 atom stereocenters. The summed E-state index contributed by atoms with van der Waals surface area (Å²) in [6.45, 7) is 7.87. The van der Waals surface area contributed by atoms with E-state index in [2.05, 4.69) is 11.6 Å². The second-order valence-corrected chi connectivity index (χ2v) is 4.68. The Morgan fingerprint density at radius 3 is 2.19 bits per heavy atom. The Balaban J connectivity index is 2.20. The molecule has 0 unspecified atom stereocenters. The van der Waals surface area contributed by atoms with Crippen LogP contribution in [-0.4, -0.2) is 5.71 Å². The molecule has 0 aromatic heterocycles. The van der Waals surface area contributed by atoms with Gasteiger partial charge >= 0.3 is 0 Å². The molecule has 0 spiro atoms. The van der Waals surface area contributed by atoms with Crippen LogP contribution in [0.15, 0.2) is 84.0 Å². The van der Waals surface area contributed by atoms with E-state index in [1.807, 2.05) is 74.5 Å². The van der Waals surface area contributed by atoms with Crippen molar-refractivity contribution in [1.82, 2.24) is 0 Å². The fourth-order valence-electron chi connectivity index (χ4n) is 1.89. The zero-order valence-corrected chi connectivity index (χ0v) is 12.4. The predicted octanol–water partition coefficient (Wildman–Crippen LogP) is 5.38. The van der Waals surface area contributed by atoms with E-state index < -0.39 is 0 Å². The van der Waals surface area contributed by atoms with Crippen LogP contribution in [0.2, 0.25) is 0 Å². The first kappa shape index (κ1) is 14.8. The SMILES string of the molecule is C=C(C)C(=N/C=C\C)c1ccc(Oc2ccccc2)cc1. The largest absolute Gasteiger partial charge is 0.457 e. The molecule has 0 saturated heterocycles. The fraction of sp³-hybridized carbons (Fsp3) is 0.105. The summed E-state index contributed by atoms with van der Waals surface area (Å²) in [5.74, 6) is 1.63. The van der Waals surface area contributed by atoms with Crippen LogP contribution in [0.5, 0.6) is 11.5 Å². The van der Waals surface area contributed by atoms with Crippen molar-refractivity contribution in [3.8, 4) is 11.5 Å². The van der Waals surface area contributed by atoms with Gasteiger partial charge < -0.3 is 4.74 Å². The van der Waals surface area contributed by atoms with Crippen molar-refractivity contribution in [2.24, 2.45) is 4.99 Å². The van der Waals surface area contributed by atoms with Crippen LogP contribution in [-0.2, 0) is 0 Å². The van der Waals surface area contributed by atoms with Crippen LogP contribution < -0.4 is 4.74 Å². The van der Waals surface area contributed by atoms with Crippen molar-refractivity contribution < 1.29 is 4.74 Å². The minimum atomic E-state index is 0.803. The van der Waals surface area contributed by atoms with Gasteiger partial charge in [0.2, 0.25) is 0 Å². The number of ether oxygens (including phenoxy) is 1. The normalized spacial score (nSPS) is 11.6.